The molecule has 2 aromatic carbocycles. The standard InChI is InChI=1S/C25H27FN4O2/c1-4-29-12-11-21(25(31)30(29)16-19-5-8-22(26)9-6-19)13-20-7-10-23(24(14-20)32-3)28-15-18(2)27-17-28/h5-10,13-15,17H,4,11-12,16H2,1-3H3/b21-13+. The summed E-state index contributed by atoms with van der Waals surface area (Å²) < 4.78 is 20.8. The highest BCUT2D eigenvalue weighted by Crippen LogP contribution is 2.28. The topological polar surface area (TPSA) is 50.6 Å². The lowest BCUT2D eigenvalue weighted by Gasteiger charge is -2.39. The van der Waals surface area contributed by atoms with Gasteiger partial charge in [0.1, 0.15) is 11.6 Å². The first-order valence-electron chi connectivity index (χ1n) is 10.7. The van der Waals surface area contributed by atoms with E-state index in [9.17, 15) is 9.18 Å². The van der Waals surface area contributed by atoms with Gasteiger partial charge in [0.25, 0.3) is 5.91 Å². The molecule has 6 nitrogen and oxygen atoms in total. The van der Waals surface area contributed by atoms with Crippen LogP contribution >= 0.6 is 0 Å². The minimum atomic E-state index is -0.282. The zero-order valence-corrected chi connectivity index (χ0v) is 18.6. The second kappa shape index (κ2) is 9.36. The molecule has 0 unspecified atom stereocenters. The number of rotatable bonds is 6. The maximum absolute atomic E-state index is 13.3. The first kappa shape index (κ1) is 21.8. The van der Waals surface area contributed by atoms with Crippen molar-refractivity contribution in [2.45, 2.75) is 26.8 Å². The highest BCUT2D eigenvalue weighted by molar-refractivity contribution is 5.98. The van der Waals surface area contributed by atoms with E-state index >= 15 is 0 Å². The van der Waals surface area contributed by atoms with Crippen molar-refractivity contribution in [1.82, 2.24) is 19.6 Å². The average Bonchev–Trinajstić information content (AvgIpc) is 3.24. The molecule has 0 N–H and O–H groups in total. The average molecular weight is 435 g/mol. The molecule has 1 aliphatic heterocycles. The molecule has 4 rings (SSSR count). The third-order valence-corrected chi connectivity index (χ3v) is 5.63. The molecule has 0 saturated carbocycles. The molecule has 1 aliphatic rings. The van der Waals surface area contributed by atoms with Crippen LogP contribution in [0, 0.1) is 12.7 Å². The Bertz CT molecular complexity index is 1140. The summed E-state index contributed by atoms with van der Waals surface area (Å²) in [5.74, 6) is 0.393. The van der Waals surface area contributed by atoms with Crippen LogP contribution in [-0.2, 0) is 11.3 Å². The number of aryl methyl sites for hydroxylation is 1. The third kappa shape index (κ3) is 4.57. The summed E-state index contributed by atoms with van der Waals surface area (Å²) in [6.07, 6.45) is 6.28. The van der Waals surface area contributed by atoms with E-state index < -0.39 is 0 Å². The Kier molecular flexibility index (Phi) is 6.37. The quantitative estimate of drug-likeness (QED) is 0.541. The number of hydrogen-bond donors (Lipinski definition) is 0. The third-order valence-electron chi connectivity index (χ3n) is 5.63. The minimum Gasteiger partial charge on any atom is -0.495 e. The van der Waals surface area contributed by atoms with Crippen LogP contribution in [0.15, 0.2) is 60.6 Å². The maximum Gasteiger partial charge on any atom is 0.264 e. The molecule has 1 aromatic heterocycles. The molecule has 32 heavy (non-hydrogen) atoms. The van der Waals surface area contributed by atoms with Crippen LogP contribution in [0.25, 0.3) is 11.8 Å². The molecule has 0 bridgehead atoms. The van der Waals surface area contributed by atoms with Gasteiger partial charge in [-0.25, -0.2) is 14.4 Å². The highest BCUT2D eigenvalue weighted by atomic mass is 19.1. The molecule has 0 atom stereocenters. The van der Waals surface area contributed by atoms with Crippen LogP contribution in [0.3, 0.4) is 0 Å². The van der Waals surface area contributed by atoms with Crippen LogP contribution in [0.1, 0.15) is 30.2 Å². The van der Waals surface area contributed by atoms with Crippen LogP contribution < -0.4 is 4.74 Å². The van der Waals surface area contributed by atoms with Gasteiger partial charge in [-0.05, 0) is 54.8 Å². The van der Waals surface area contributed by atoms with Crippen molar-refractivity contribution in [3.05, 3.63) is 83.2 Å². The van der Waals surface area contributed by atoms with Crippen LogP contribution in [0.4, 0.5) is 4.39 Å². The number of benzene rings is 2. The van der Waals surface area contributed by atoms with Gasteiger partial charge < -0.3 is 9.30 Å². The number of methoxy groups -OCH3 is 1. The Morgan fingerprint density at radius 2 is 1.97 bits per heavy atom. The molecule has 2 heterocycles. The monoisotopic (exact) mass is 434 g/mol. The van der Waals surface area contributed by atoms with Gasteiger partial charge in [-0.1, -0.05) is 25.1 Å². The number of carbonyl (C=O) groups excluding carboxylic acids is 1. The predicted molar refractivity (Wildman–Crippen MR) is 122 cm³/mol. The zero-order chi connectivity index (χ0) is 22.7. The Morgan fingerprint density at radius 3 is 2.62 bits per heavy atom. The molecule has 7 heteroatoms. The van der Waals surface area contributed by atoms with E-state index in [0.29, 0.717) is 18.7 Å². The Hall–Kier alpha value is -3.45. The zero-order valence-electron chi connectivity index (χ0n) is 18.6. The number of imidazole rings is 1. The van der Waals surface area contributed by atoms with Crippen molar-refractivity contribution in [1.29, 1.82) is 0 Å². The summed E-state index contributed by atoms with van der Waals surface area (Å²) in [6.45, 7) is 5.85. The predicted octanol–water partition coefficient (Wildman–Crippen LogP) is 4.38. The number of ether oxygens (including phenoxy) is 1. The number of nitrogens with zero attached hydrogens (tertiary/aromatic N) is 4. The molecule has 3 aromatic rings. The summed E-state index contributed by atoms with van der Waals surface area (Å²) in [7, 11) is 1.63. The molecule has 0 aliphatic carbocycles. The van der Waals surface area contributed by atoms with Gasteiger partial charge in [0, 0.05) is 24.9 Å². The van der Waals surface area contributed by atoms with Gasteiger partial charge >= 0.3 is 0 Å². The van der Waals surface area contributed by atoms with Gasteiger partial charge in [-0.2, -0.15) is 0 Å². The Labute approximate surface area is 187 Å². The molecular weight excluding hydrogens is 407 g/mol. The highest BCUT2D eigenvalue weighted by Gasteiger charge is 2.29. The summed E-state index contributed by atoms with van der Waals surface area (Å²) in [5, 5.41) is 3.79. The lowest BCUT2D eigenvalue weighted by Crippen LogP contribution is -2.50. The molecule has 1 fully saturated rings. The summed E-state index contributed by atoms with van der Waals surface area (Å²) in [6, 6.07) is 12.2. The molecule has 0 radical (unpaired) electrons. The molecule has 1 amide bonds. The molecule has 0 spiro atoms. The smallest absolute Gasteiger partial charge is 0.264 e. The van der Waals surface area contributed by atoms with Crippen molar-refractivity contribution >= 4 is 12.0 Å². The Morgan fingerprint density at radius 1 is 1.19 bits per heavy atom. The fourth-order valence-electron chi connectivity index (χ4n) is 3.92. The van der Waals surface area contributed by atoms with Crippen molar-refractivity contribution in [2.75, 3.05) is 20.2 Å². The van der Waals surface area contributed by atoms with Crippen LogP contribution in [-0.4, -0.2) is 45.7 Å². The van der Waals surface area contributed by atoms with Crippen molar-refractivity contribution < 1.29 is 13.9 Å². The summed E-state index contributed by atoms with van der Waals surface area (Å²) in [4.78, 5) is 17.6. The number of hydrazine groups is 1. The van der Waals surface area contributed by atoms with E-state index in [-0.39, 0.29) is 11.7 Å². The first-order valence-corrected chi connectivity index (χ1v) is 10.7. The van der Waals surface area contributed by atoms with Crippen molar-refractivity contribution in [2.24, 2.45) is 0 Å². The van der Waals surface area contributed by atoms with Gasteiger partial charge in [0.2, 0.25) is 0 Å². The second-order valence-corrected chi connectivity index (χ2v) is 7.81. The second-order valence-electron chi connectivity index (χ2n) is 7.81. The fraction of sp³-hybridized carbons (Fsp3) is 0.280. The van der Waals surface area contributed by atoms with E-state index in [2.05, 4.69) is 4.98 Å². The number of amides is 1. The lowest BCUT2D eigenvalue weighted by atomic mass is 10.0. The minimum absolute atomic E-state index is 0.0318. The normalized spacial score (nSPS) is 16.1. The summed E-state index contributed by atoms with van der Waals surface area (Å²) in [5.41, 5.74) is 4.34. The molecule has 166 valence electrons. The Balaban J connectivity index is 1.60. The molecular formula is C25H27FN4O2. The van der Waals surface area contributed by atoms with E-state index in [1.165, 1.54) is 12.1 Å². The first-order chi connectivity index (χ1) is 15.5. The van der Waals surface area contributed by atoms with E-state index in [1.807, 2.05) is 53.9 Å². The van der Waals surface area contributed by atoms with Gasteiger partial charge in [-0.15, -0.1) is 0 Å². The lowest BCUT2D eigenvalue weighted by molar-refractivity contribution is -0.150. The largest absolute Gasteiger partial charge is 0.495 e. The SMILES string of the molecule is CCN1CC/C(=C\c2ccc(-n3cnc(C)c3)c(OC)c2)C(=O)N1Cc1ccc(F)cc1. The van der Waals surface area contributed by atoms with Crippen LogP contribution in [0.5, 0.6) is 5.75 Å². The summed E-state index contributed by atoms with van der Waals surface area (Å²) >= 11 is 0. The number of halogens is 1. The molecule has 1 saturated heterocycles. The number of hydrogen-bond acceptors (Lipinski definition) is 4. The van der Waals surface area contributed by atoms with Crippen molar-refractivity contribution in [3.8, 4) is 11.4 Å². The fourth-order valence-corrected chi connectivity index (χ4v) is 3.92. The van der Waals surface area contributed by atoms with Crippen molar-refractivity contribution in [3.63, 3.8) is 0 Å². The maximum atomic E-state index is 13.3. The van der Waals surface area contributed by atoms with Gasteiger partial charge in [0.05, 0.1) is 31.4 Å². The number of aromatic nitrogens is 2. The van der Waals surface area contributed by atoms with E-state index in [0.717, 1.165) is 41.2 Å². The van der Waals surface area contributed by atoms with E-state index in [4.69, 9.17) is 4.74 Å². The van der Waals surface area contributed by atoms with Gasteiger partial charge in [0.15, 0.2) is 0 Å². The van der Waals surface area contributed by atoms with Crippen LogP contribution in [0.2, 0.25) is 0 Å². The number of carbonyl (C=O) groups is 1. The van der Waals surface area contributed by atoms with E-state index in [1.54, 1.807) is 30.6 Å². The van der Waals surface area contributed by atoms with Gasteiger partial charge in [-0.3, -0.25) is 9.80 Å².